The fourth-order valence-electron chi connectivity index (χ4n) is 3.89. The van der Waals surface area contributed by atoms with E-state index in [-0.39, 0.29) is 0 Å². The van der Waals surface area contributed by atoms with Gasteiger partial charge in [-0.15, -0.1) is 0 Å². The smallest absolute Gasteiger partial charge is 0.0423 e. The minimum Gasteiger partial charge on any atom is -0.371 e. The number of piperidine rings is 1. The van der Waals surface area contributed by atoms with Crippen LogP contribution >= 0.6 is 15.9 Å². The second-order valence-corrected chi connectivity index (χ2v) is 8.50. The summed E-state index contributed by atoms with van der Waals surface area (Å²) in [7, 11) is 0. The van der Waals surface area contributed by atoms with Crippen LogP contribution in [0, 0.1) is 5.92 Å². The molecule has 3 rings (SSSR count). The van der Waals surface area contributed by atoms with E-state index in [1.165, 1.54) is 80.2 Å². The SMILES string of the molecule is C[C](C)CN1CCN(Cc2ccc(Br)cc2N2CCCCC2)CC1. The molecule has 1 radical (unpaired) electrons. The highest BCUT2D eigenvalue weighted by atomic mass is 79.9. The molecule has 0 aliphatic carbocycles. The maximum absolute atomic E-state index is 3.67. The molecule has 0 atom stereocenters. The van der Waals surface area contributed by atoms with Crippen LogP contribution in [0.15, 0.2) is 22.7 Å². The first-order valence-corrected chi connectivity index (χ1v) is 10.2. The lowest BCUT2D eigenvalue weighted by molar-refractivity contribution is 0.131. The Morgan fingerprint density at radius 3 is 2.25 bits per heavy atom. The van der Waals surface area contributed by atoms with Gasteiger partial charge in [-0.25, -0.2) is 0 Å². The molecule has 0 saturated carbocycles. The zero-order valence-electron chi connectivity index (χ0n) is 15.2. The normalized spacial score (nSPS) is 20.8. The first kappa shape index (κ1) is 18.2. The van der Waals surface area contributed by atoms with Gasteiger partial charge in [0.25, 0.3) is 0 Å². The van der Waals surface area contributed by atoms with Crippen LogP contribution in [0.1, 0.15) is 38.7 Å². The largest absolute Gasteiger partial charge is 0.371 e. The number of anilines is 1. The van der Waals surface area contributed by atoms with Crippen LogP contribution in [0.4, 0.5) is 5.69 Å². The third kappa shape index (κ3) is 4.96. The number of piperazine rings is 1. The van der Waals surface area contributed by atoms with Crippen molar-refractivity contribution in [2.75, 3.05) is 50.7 Å². The van der Waals surface area contributed by atoms with Crippen molar-refractivity contribution in [2.45, 2.75) is 39.7 Å². The number of nitrogens with zero attached hydrogens (tertiary/aromatic N) is 3. The molecular weight excluding hydrogens is 362 g/mol. The van der Waals surface area contributed by atoms with Gasteiger partial charge in [-0.05, 0) is 42.9 Å². The summed E-state index contributed by atoms with van der Waals surface area (Å²) in [6.07, 6.45) is 4.05. The standard InChI is InChI=1S/C20H31BrN3/c1-17(2)15-22-10-12-23(13-11-22)16-18-6-7-19(21)14-20(18)24-8-4-3-5-9-24/h6-7,14H,3-5,8-13,15-16H2,1-2H3. The molecule has 2 heterocycles. The minimum absolute atomic E-state index is 1.09. The number of rotatable bonds is 5. The topological polar surface area (TPSA) is 9.72 Å². The summed E-state index contributed by atoms with van der Waals surface area (Å²) in [4.78, 5) is 7.80. The maximum Gasteiger partial charge on any atom is 0.0423 e. The molecule has 4 heteroatoms. The van der Waals surface area contributed by atoms with E-state index in [0.29, 0.717) is 0 Å². The Bertz CT molecular complexity index is 518. The Kier molecular flexibility index (Phi) is 6.59. The molecule has 0 N–H and O–H groups in total. The molecule has 1 aromatic rings. The summed E-state index contributed by atoms with van der Waals surface area (Å²) in [5.74, 6) is 1.52. The van der Waals surface area contributed by atoms with Crippen LogP contribution in [-0.4, -0.2) is 55.6 Å². The van der Waals surface area contributed by atoms with E-state index in [2.05, 4.69) is 62.7 Å². The Morgan fingerprint density at radius 2 is 1.58 bits per heavy atom. The van der Waals surface area contributed by atoms with Gasteiger partial charge in [-0.1, -0.05) is 35.8 Å². The van der Waals surface area contributed by atoms with Crippen LogP contribution in [0.3, 0.4) is 0 Å². The molecule has 24 heavy (non-hydrogen) atoms. The molecular formula is C20H31BrN3. The second kappa shape index (κ2) is 8.68. The first-order valence-electron chi connectivity index (χ1n) is 9.39. The summed E-state index contributed by atoms with van der Waals surface area (Å²) < 4.78 is 1.20. The second-order valence-electron chi connectivity index (χ2n) is 7.58. The van der Waals surface area contributed by atoms with Gasteiger partial charge in [-0.3, -0.25) is 4.90 Å². The summed E-state index contributed by atoms with van der Waals surface area (Å²) >= 11 is 3.67. The summed E-state index contributed by atoms with van der Waals surface area (Å²) in [6, 6.07) is 6.85. The summed E-state index contributed by atoms with van der Waals surface area (Å²) in [6.45, 7) is 13.9. The van der Waals surface area contributed by atoms with E-state index in [4.69, 9.17) is 0 Å². The predicted octanol–water partition coefficient (Wildman–Crippen LogP) is 4.17. The molecule has 2 fully saturated rings. The van der Waals surface area contributed by atoms with E-state index in [1.54, 1.807) is 0 Å². The minimum atomic E-state index is 1.09. The van der Waals surface area contributed by atoms with Crippen molar-refractivity contribution in [1.29, 1.82) is 0 Å². The third-order valence-corrected chi connectivity index (χ3v) is 5.64. The van der Waals surface area contributed by atoms with Gasteiger partial charge < -0.3 is 9.80 Å². The highest BCUT2D eigenvalue weighted by molar-refractivity contribution is 9.10. The highest BCUT2D eigenvalue weighted by Gasteiger charge is 2.20. The van der Waals surface area contributed by atoms with Gasteiger partial charge in [0, 0.05) is 62.5 Å². The van der Waals surface area contributed by atoms with Crippen molar-refractivity contribution in [2.24, 2.45) is 0 Å². The predicted molar refractivity (Wildman–Crippen MR) is 107 cm³/mol. The van der Waals surface area contributed by atoms with Crippen molar-refractivity contribution >= 4 is 21.6 Å². The maximum atomic E-state index is 3.67. The lowest BCUT2D eigenvalue weighted by Gasteiger charge is -2.37. The Labute approximate surface area is 156 Å². The van der Waals surface area contributed by atoms with Crippen LogP contribution in [-0.2, 0) is 6.54 Å². The van der Waals surface area contributed by atoms with Crippen LogP contribution in [0.25, 0.3) is 0 Å². The number of hydrogen-bond acceptors (Lipinski definition) is 3. The zero-order valence-corrected chi connectivity index (χ0v) is 16.8. The molecule has 0 spiro atoms. The first-order chi connectivity index (χ1) is 11.6. The number of benzene rings is 1. The quantitative estimate of drug-likeness (QED) is 0.744. The summed E-state index contributed by atoms with van der Waals surface area (Å²) in [5.41, 5.74) is 2.94. The fraction of sp³-hybridized carbons (Fsp3) is 0.650. The Balaban J connectivity index is 1.63. The van der Waals surface area contributed by atoms with Crippen molar-refractivity contribution in [3.05, 3.63) is 34.2 Å². The average Bonchev–Trinajstić information content (AvgIpc) is 2.58. The van der Waals surface area contributed by atoms with E-state index >= 15 is 0 Å². The molecule has 2 aliphatic heterocycles. The monoisotopic (exact) mass is 392 g/mol. The van der Waals surface area contributed by atoms with Gasteiger partial charge in [0.2, 0.25) is 0 Å². The average molecular weight is 393 g/mol. The van der Waals surface area contributed by atoms with Crippen LogP contribution in [0.5, 0.6) is 0 Å². The lowest BCUT2D eigenvalue weighted by atomic mass is 10.1. The molecule has 2 saturated heterocycles. The third-order valence-electron chi connectivity index (χ3n) is 5.14. The van der Waals surface area contributed by atoms with Crippen molar-refractivity contribution in [1.82, 2.24) is 9.80 Å². The number of hydrogen-bond donors (Lipinski definition) is 0. The Morgan fingerprint density at radius 1 is 0.917 bits per heavy atom. The van der Waals surface area contributed by atoms with Crippen molar-refractivity contribution < 1.29 is 0 Å². The molecule has 3 nitrogen and oxygen atoms in total. The zero-order chi connectivity index (χ0) is 16.9. The molecule has 0 unspecified atom stereocenters. The lowest BCUT2D eigenvalue weighted by Crippen LogP contribution is -2.46. The Hall–Kier alpha value is -0.580. The molecule has 1 aromatic carbocycles. The molecule has 0 bridgehead atoms. The van der Waals surface area contributed by atoms with E-state index in [9.17, 15) is 0 Å². The van der Waals surface area contributed by atoms with Crippen molar-refractivity contribution in [3.63, 3.8) is 0 Å². The van der Waals surface area contributed by atoms with Crippen LogP contribution in [0.2, 0.25) is 0 Å². The molecule has 0 amide bonds. The molecule has 133 valence electrons. The highest BCUT2D eigenvalue weighted by Crippen LogP contribution is 2.29. The van der Waals surface area contributed by atoms with Crippen LogP contribution < -0.4 is 4.90 Å². The van der Waals surface area contributed by atoms with Gasteiger partial charge in [0.05, 0.1) is 0 Å². The van der Waals surface area contributed by atoms with Gasteiger partial charge >= 0.3 is 0 Å². The van der Waals surface area contributed by atoms with E-state index in [1.807, 2.05) is 0 Å². The van der Waals surface area contributed by atoms with Gasteiger partial charge in [0.1, 0.15) is 0 Å². The van der Waals surface area contributed by atoms with Gasteiger partial charge in [0.15, 0.2) is 0 Å². The molecule has 2 aliphatic rings. The van der Waals surface area contributed by atoms with Crippen molar-refractivity contribution in [3.8, 4) is 0 Å². The van der Waals surface area contributed by atoms with E-state index < -0.39 is 0 Å². The summed E-state index contributed by atoms with van der Waals surface area (Å²) in [5, 5.41) is 0. The van der Waals surface area contributed by atoms with E-state index in [0.717, 1.165) is 13.1 Å². The number of halogens is 1. The molecule has 0 aromatic heterocycles. The fourth-order valence-corrected chi connectivity index (χ4v) is 4.24. The van der Waals surface area contributed by atoms with Gasteiger partial charge in [-0.2, -0.15) is 0 Å².